The summed E-state index contributed by atoms with van der Waals surface area (Å²) in [5.74, 6) is -11.2. The summed E-state index contributed by atoms with van der Waals surface area (Å²) in [6.07, 6.45) is -5.22. The van der Waals surface area contributed by atoms with Crippen molar-refractivity contribution in [3.8, 4) is 5.75 Å². The Labute approximate surface area is 452 Å². The molecule has 7 amide bonds. The number of phenolic OH excluding ortho intramolecular Hbond substituents is 1. The van der Waals surface area contributed by atoms with Gasteiger partial charge in [-0.2, -0.15) is 0 Å². The first-order valence-electron chi connectivity index (χ1n) is 27.2. The van der Waals surface area contributed by atoms with Crippen LogP contribution in [0.4, 0.5) is 0 Å². The zero-order valence-corrected chi connectivity index (χ0v) is 46.9. The van der Waals surface area contributed by atoms with Gasteiger partial charge in [-0.25, -0.2) is 4.79 Å². The first-order chi connectivity index (χ1) is 36.1. The van der Waals surface area contributed by atoms with Crippen molar-refractivity contribution in [3.63, 3.8) is 0 Å². The highest BCUT2D eigenvalue weighted by Crippen LogP contribution is 2.26. The number of nitrogens with one attached hydrogen (secondary N) is 4. The number of likely N-dealkylation sites (tertiary alicyclic amines) is 1. The van der Waals surface area contributed by atoms with Crippen molar-refractivity contribution in [2.75, 3.05) is 20.1 Å². The fourth-order valence-electron chi connectivity index (χ4n) is 10.1. The maximum atomic E-state index is 14.9. The quantitative estimate of drug-likeness (QED) is 0.103. The van der Waals surface area contributed by atoms with E-state index in [9.17, 15) is 63.3 Å². The molecule has 1 aromatic carbocycles. The number of amides is 7. The molecule has 0 radical (unpaired) electrons. The highest BCUT2D eigenvalue weighted by molar-refractivity contribution is 6.05. The monoisotopic (exact) mass is 1080 g/mol. The third-order valence-electron chi connectivity index (χ3n) is 14.8. The van der Waals surface area contributed by atoms with E-state index in [-0.39, 0.29) is 62.8 Å². The fraction of sp³-hybridized carbons (Fsp3) is 0.709. The van der Waals surface area contributed by atoms with E-state index in [2.05, 4.69) is 21.3 Å². The van der Waals surface area contributed by atoms with Crippen LogP contribution in [-0.4, -0.2) is 176 Å². The molecule has 22 heteroatoms. The lowest BCUT2D eigenvalue weighted by Crippen LogP contribution is -2.62. The van der Waals surface area contributed by atoms with Crippen LogP contribution < -0.4 is 21.3 Å². The summed E-state index contributed by atoms with van der Waals surface area (Å²) in [4.78, 5) is 146. The average molecular weight is 1080 g/mol. The number of benzene rings is 1. The number of likely N-dealkylation sites (N-methyl/N-ethyl adjacent to an activating group) is 1. The van der Waals surface area contributed by atoms with E-state index in [1.54, 1.807) is 27.7 Å². The molecule has 1 aromatic rings. The molecule has 77 heavy (non-hydrogen) atoms. The Morgan fingerprint density at radius 2 is 1.44 bits per heavy atom. The second-order valence-electron chi connectivity index (χ2n) is 22.4. The molecular formula is C55H85N7O15. The lowest BCUT2D eigenvalue weighted by atomic mass is 9.91. The Bertz CT molecular complexity index is 2270. The molecule has 22 nitrogen and oxygen atoms in total. The van der Waals surface area contributed by atoms with Gasteiger partial charge in [0.15, 0.2) is 11.9 Å². The smallest absolute Gasteiger partial charge is 0.329 e. The zero-order valence-electron chi connectivity index (χ0n) is 46.9. The number of rotatable bonds is 14. The Kier molecular flexibility index (Phi) is 23.4. The Morgan fingerprint density at radius 3 is 2.03 bits per heavy atom. The van der Waals surface area contributed by atoms with Crippen molar-refractivity contribution >= 4 is 59.1 Å². The predicted molar refractivity (Wildman–Crippen MR) is 281 cm³/mol. The Balaban J connectivity index is 1.85. The third kappa shape index (κ3) is 16.9. The molecule has 7 N–H and O–H groups in total. The van der Waals surface area contributed by atoms with E-state index < -0.39 is 150 Å². The van der Waals surface area contributed by atoms with Crippen molar-refractivity contribution in [3.05, 3.63) is 29.8 Å². The lowest BCUT2D eigenvalue weighted by molar-refractivity contribution is -0.162. The van der Waals surface area contributed by atoms with Crippen LogP contribution in [0.3, 0.4) is 0 Å². The van der Waals surface area contributed by atoms with Gasteiger partial charge in [0.05, 0.1) is 24.5 Å². The SMILES string of the molecule is CC[C@@H](C)[C@H]1NC(=O)[C@H](NC(=O)[C@@H](CC(C)C)N(C)C(=O)[C@@H]2CCCN2C(=O)[C@H](C)O)[C@@H](C)OC(=O)[C@H](Cc2ccc(O)cc2)NC(=O)[C@@H]2CCCN2C(=O)[C@H](CC(C)C)NC(=O)[C@@H](C)C(=O)[C@H](C(C)C)OC(=O)C[C@@H]1O. The van der Waals surface area contributed by atoms with E-state index in [4.69, 9.17) is 9.47 Å². The van der Waals surface area contributed by atoms with Crippen LogP contribution in [0.15, 0.2) is 24.3 Å². The number of esters is 2. The van der Waals surface area contributed by atoms with Crippen molar-refractivity contribution < 1.29 is 72.7 Å². The molecule has 0 saturated carbocycles. The summed E-state index contributed by atoms with van der Waals surface area (Å²) in [6.45, 7) is 18.2. The van der Waals surface area contributed by atoms with E-state index >= 15 is 0 Å². The number of carbonyl (C=O) groups is 10. The summed E-state index contributed by atoms with van der Waals surface area (Å²) in [6, 6.07) is -3.30. The van der Waals surface area contributed by atoms with E-state index in [1.165, 1.54) is 66.8 Å². The van der Waals surface area contributed by atoms with Gasteiger partial charge in [0.25, 0.3) is 5.91 Å². The maximum absolute atomic E-state index is 14.9. The van der Waals surface area contributed by atoms with Gasteiger partial charge < -0.3 is 60.8 Å². The van der Waals surface area contributed by atoms with Gasteiger partial charge in [0.1, 0.15) is 54.2 Å². The fourth-order valence-corrected chi connectivity index (χ4v) is 10.1. The second kappa shape index (κ2) is 28.5. The summed E-state index contributed by atoms with van der Waals surface area (Å²) in [7, 11) is 1.39. The van der Waals surface area contributed by atoms with Gasteiger partial charge in [0, 0.05) is 26.6 Å². The number of phenols is 1. The van der Waals surface area contributed by atoms with Crippen molar-refractivity contribution in [2.45, 2.75) is 201 Å². The van der Waals surface area contributed by atoms with Crippen LogP contribution in [0, 0.1) is 29.6 Å². The number of carbonyl (C=O) groups excluding carboxylic acids is 10. The molecular weight excluding hydrogens is 999 g/mol. The summed E-state index contributed by atoms with van der Waals surface area (Å²) >= 11 is 0. The van der Waals surface area contributed by atoms with Crippen LogP contribution in [-0.2, 0) is 63.8 Å². The molecule has 430 valence electrons. The van der Waals surface area contributed by atoms with Crippen molar-refractivity contribution in [1.29, 1.82) is 0 Å². The molecule has 13 atom stereocenters. The number of nitrogens with zero attached hydrogens (tertiary/aromatic N) is 3. The lowest BCUT2D eigenvalue weighted by Gasteiger charge is -2.36. The number of Topliss-reactive ketones (excluding diaryl/α,β-unsaturated/α-hetero) is 1. The molecule has 4 rings (SSSR count). The molecule has 3 saturated heterocycles. The van der Waals surface area contributed by atoms with Gasteiger partial charge in [-0.1, -0.05) is 73.9 Å². The van der Waals surface area contributed by atoms with Gasteiger partial charge in [-0.3, -0.25) is 43.2 Å². The minimum absolute atomic E-state index is 0.0620. The number of cyclic esters (lactones) is 2. The number of hydrogen-bond donors (Lipinski definition) is 7. The van der Waals surface area contributed by atoms with E-state index in [0.29, 0.717) is 24.8 Å². The van der Waals surface area contributed by atoms with Gasteiger partial charge in [-0.15, -0.1) is 0 Å². The summed E-state index contributed by atoms with van der Waals surface area (Å²) < 4.78 is 11.7. The Hall–Kier alpha value is -6.16. The molecule has 3 fully saturated rings. The first kappa shape index (κ1) is 63.4. The van der Waals surface area contributed by atoms with Crippen molar-refractivity contribution in [1.82, 2.24) is 36.0 Å². The molecule has 0 spiro atoms. The maximum Gasteiger partial charge on any atom is 0.329 e. The number of aromatic hydroxyl groups is 1. The number of ether oxygens (including phenoxy) is 2. The highest BCUT2D eigenvalue weighted by atomic mass is 16.6. The minimum Gasteiger partial charge on any atom is -0.508 e. The molecule has 0 aliphatic carbocycles. The van der Waals surface area contributed by atoms with Crippen LogP contribution >= 0.6 is 0 Å². The minimum atomic E-state index is -1.78. The van der Waals surface area contributed by atoms with Crippen LogP contribution in [0.25, 0.3) is 0 Å². The van der Waals surface area contributed by atoms with E-state index in [0.717, 1.165) is 0 Å². The highest BCUT2D eigenvalue weighted by Gasteiger charge is 2.45. The molecule has 3 aliphatic heterocycles. The summed E-state index contributed by atoms with van der Waals surface area (Å²) in [5, 5.41) is 42.9. The average Bonchev–Trinajstić information content (AvgIpc) is 4.07. The summed E-state index contributed by atoms with van der Waals surface area (Å²) in [5.41, 5.74) is 0.462. The molecule has 3 aliphatic rings. The number of fused-ring (bicyclic) bond motifs is 1. The van der Waals surface area contributed by atoms with Gasteiger partial charge in [-0.05, 0) is 101 Å². The molecule has 0 aromatic heterocycles. The first-order valence-corrected chi connectivity index (χ1v) is 27.2. The standard InChI is InChI=1S/C55H85N7O15/c1-13-31(8)44-42(65)27-43(66)77-47(30(6)7)46(67)32(9)48(68)56-37(24-28(2)3)53(73)61-22-14-16-39(61)49(69)57-38(26-35-18-20-36(64)21-19-35)55(75)76-34(11)45(51(71)58-44)59-50(70)41(25-29(4)5)60(12)54(74)40-17-15-23-62(40)52(72)33(10)63/h18-21,28-34,37-42,44-45,47,63-65H,13-17,22-27H2,1-12H3,(H,56,68)(H,57,69)(H,58,71)(H,59,70)/t31-,32+,33+,34-,37+,38+,39+,40+,41-,42+,44-,45-,47+/m1/s1. The molecule has 3 heterocycles. The number of aliphatic hydroxyl groups excluding tert-OH is 2. The third-order valence-corrected chi connectivity index (χ3v) is 14.8. The van der Waals surface area contributed by atoms with Crippen LogP contribution in [0.5, 0.6) is 5.75 Å². The van der Waals surface area contributed by atoms with Gasteiger partial charge in [0.2, 0.25) is 35.4 Å². The van der Waals surface area contributed by atoms with Gasteiger partial charge >= 0.3 is 11.9 Å². The van der Waals surface area contributed by atoms with Crippen molar-refractivity contribution in [2.24, 2.45) is 29.6 Å². The normalized spacial score (nSPS) is 28.0. The number of hydrogen-bond acceptors (Lipinski definition) is 15. The van der Waals surface area contributed by atoms with Crippen LogP contribution in [0.2, 0.25) is 0 Å². The topological polar surface area (TPSA) is 308 Å². The predicted octanol–water partition coefficient (Wildman–Crippen LogP) is 1.67. The number of ketones is 1. The Morgan fingerprint density at radius 1 is 0.818 bits per heavy atom. The number of aliphatic hydroxyl groups is 2. The zero-order chi connectivity index (χ0) is 57.7. The molecule has 0 unspecified atom stereocenters. The largest absolute Gasteiger partial charge is 0.508 e. The molecule has 0 bridgehead atoms. The second-order valence-corrected chi connectivity index (χ2v) is 22.4. The van der Waals surface area contributed by atoms with E-state index in [1.807, 2.05) is 27.7 Å². The van der Waals surface area contributed by atoms with Crippen LogP contribution in [0.1, 0.15) is 133 Å².